The number of aryl methyl sites for hydroxylation is 1. The summed E-state index contributed by atoms with van der Waals surface area (Å²) in [5.74, 6) is -0.249. The molecule has 0 saturated heterocycles. The molecule has 0 bridgehead atoms. The van der Waals surface area contributed by atoms with Crippen LogP contribution < -0.4 is 5.32 Å². The molecule has 3 aromatic rings. The van der Waals surface area contributed by atoms with Gasteiger partial charge in [-0.3, -0.25) is 9.48 Å². The Morgan fingerprint density at radius 1 is 1.42 bits per heavy atom. The molecule has 0 aliphatic heterocycles. The highest BCUT2D eigenvalue weighted by Crippen LogP contribution is 2.19. The average Bonchev–Trinajstić information content (AvgIpc) is 3.24. The quantitative estimate of drug-likeness (QED) is 0.739. The summed E-state index contributed by atoms with van der Waals surface area (Å²) in [6.45, 7) is 1.74. The molecule has 1 aromatic carbocycles. The van der Waals surface area contributed by atoms with Crippen molar-refractivity contribution in [2.45, 2.75) is 12.5 Å². The van der Waals surface area contributed by atoms with Gasteiger partial charge in [0.25, 0.3) is 5.91 Å². The van der Waals surface area contributed by atoms with Gasteiger partial charge in [0, 0.05) is 42.5 Å². The summed E-state index contributed by atoms with van der Waals surface area (Å²) in [6.07, 6.45) is 8.48. The molecular formula is C17H19N5O2. The minimum atomic E-state index is -1.19. The van der Waals surface area contributed by atoms with Crippen LogP contribution >= 0.6 is 0 Å². The van der Waals surface area contributed by atoms with Gasteiger partial charge < -0.3 is 15.0 Å². The van der Waals surface area contributed by atoms with Gasteiger partial charge in [0.15, 0.2) is 0 Å². The van der Waals surface area contributed by atoms with Crippen molar-refractivity contribution in [3.63, 3.8) is 0 Å². The lowest BCUT2D eigenvalue weighted by Gasteiger charge is -2.22. The summed E-state index contributed by atoms with van der Waals surface area (Å²) in [7, 11) is 1.78. The number of nitrogens with zero attached hydrogens (tertiary/aromatic N) is 4. The maximum absolute atomic E-state index is 12.4. The molecule has 0 aliphatic carbocycles. The Hall–Kier alpha value is -2.93. The number of rotatable bonds is 5. The highest BCUT2D eigenvalue weighted by Gasteiger charge is 2.25. The van der Waals surface area contributed by atoms with Crippen molar-refractivity contribution in [1.29, 1.82) is 0 Å². The van der Waals surface area contributed by atoms with Crippen LogP contribution in [0.3, 0.4) is 0 Å². The molecule has 3 rings (SSSR count). The molecule has 7 nitrogen and oxygen atoms in total. The third kappa shape index (κ3) is 3.36. The summed E-state index contributed by atoms with van der Waals surface area (Å²) >= 11 is 0. The fourth-order valence-corrected chi connectivity index (χ4v) is 2.38. The van der Waals surface area contributed by atoms with E-state index in [1.165, 1.54) is 0 Å². The Balaban J connectivity index is 1.70. The van der Waals surface area contributed by atoms with Crippen molar-refractivity contribution in [2.75, 3.05) is 6.54 Å². The van der Waals surface area contributed by atoms with Crippen LogP contribution in [0.25, 0.3) is 5.69 Å². The molecule has 124 valence electrons. The van der Waals surface area contributed by atoms with Crippen LogP contribution in [0.2, 0.25) is 0 Å². The first-order chi connectivity index (χ1) is 11.5. The number of amides is 1. The zero-order chi connectivity index (χ0) is 17.2. The smallest absolute Gasteiger partial charge is 0.251 e. The van der Waals surface area contributed by atoms with Crippen LogP contribution in [0, 0.1) is 0 Å². The van der Waals surface area contributed by atoms with E-state index in [2.05, 4.69) is 15.4 Å². The number of hydrogen-bond donors (Lipinski definition) is 2. The topological polar surface area (TPSA) is 85.0 Å². The fraction of sp³-hybridized carbons (Fsp3) is 0.235. The zero-order valence-electron chi connectivity index (χ0n) is 13.5. The van der Waals surface area contributed by atoms with Gasteiger partial charge in [0.05, 0.1) is 19.1 Å². The van der Waals surface area contributed by atoms with Gasteiger partial charge in [-0.25, -0.2) is 4.98 Å². The Labute approximate surface area is 139 Å². The average molecular weight is 325 g/mol. The molecule has 0 aliphatic rings. The van der Waals surface area contributed by atoms with Crippen molar-refractivity contribution >= 4 is 5.91 Å². The second-order valence-electron chi connectivity index (χ2n) is 5.88. The van der Waals surface area contributed by atoms with E-state index in [1.54, 1.807) is 55.7 Å². The van der Waals surface area contributed by atoms with E-state index in [0.717, 1.165) is 5.69 Å². The second kappa shape index (κ2) is 6.29. The Morgan fingerprint density at radius 2 is 2.25 bits per heavy atom. The van der Waals surface area contributed by atoms with Gasteiger partial charge in [0.2, 0.25) is 0 Å². The van der Waals surface area contributed by atoms with Crippen LogP contribution in [0.15, 0.2) is 55.4 Å². The summed E-state index contributed by atoms with van der Waals surface area (Å²) < 4.78 is 3.43. The van der Waals surface area contributed by atoms with Crippen LogP contribution in [0.5, 0.6) is 0 Å². The summed E-state index contributed by atoms with van der Waals surface area (Å²) in [5, 5.41) is 17.3. The number of carbonyl (C=O) groups excluding carboxylic acids is 1. The third-order valence-corrected chi connectivity index (χ3v) is 3.83. The van der Waals surface area contributed by atoms with Gasteiger partial charge in [-0.15, -0.1) is 0 Å². The molecule has 1 amide bonds. The molecule has 2 aromatic heterocycles. The van der Waals surface area contributed by atoms with Crippen LogP contribution in [-0.4, -0.2) is 36.9 Å². The molecule has 1 unspecified atom stereocenters. The second-order valence-corrected chi connectivity index (χ2v) is 5.88. The SMILES string of the molecule is Cn1cc(C(C)(O)CNC(=O)c2cccc(-n3ccnc3)c2)cn1. The summed E-state index contributed by atoms with van der Waals surface area (Å²) in [6, 6.07) is 7.21. The lowest BCUT2D eigenvalue weighted by molar-refractivity contribution is 0.0526. The first-order valence-electron chi connectivity index (χ1n) is 7.54. The minimum absolute atomic E-state index is 0.0901. The molecule has 2 N–H and O–H groups in total. The number of aromatic nitrogens is 4. The number of aliphatic hydroxyl groups is 1. The Morgan fingerprint density at radius 3 is 2.92 bits per heavy atom. The normalized spacial score (nSPS) is 13.5. The van der Waals surface area contributed by atoms with E-state index in [4.69, 9.17) is 0 Å². The van der Waals surface area contributed by atoms with Crippen LogP contribution in [0.4, 0.5) is 0 Å². The molecular weight excluding hydrogens is 306 g/mol. The van der Waals surface area contributed by atoms with Gasteiger partial charge in [-0.2, -0.15) is 5.10 Å². The predicted molar refractivity (Wildman–Crippen MR) is 88.7 cm³/mol. The van der Waals surface area contributed by atoms with Crippen molar-refractivity contribution < 1.29 is 9.90 Å². The van der Waals surface area contributed by atoms with Gasteiger partial charge in [-0.05, 0) is 25.1 Å². The van der Waals surface area contributed by atoms with Crippen molar-refractivity contribution in [3.8, 4) is 5.69 Å². The van der Waals surface area contributed by atoms with E-state index in [0.29, 0.717) is 11.1 Å². The predicted octanol–water partition coefficient (Wildman–Crippen LogP) is 1.24. The molecule has 24 heavy (non-hydrogen) atoms. The maximum atomic E-state index is 12.4. The van der Waals surface area contributed by atoms with Crippen LogP contribution in [0.1, 0.15) is 22.8 Å². The van der Waals surface area contributed by atoms with Crippen LogP contribution in [-0.2, 0) is 12.6 Å². The van der Waals surface area contributed by atoms with Gasteiger partial charge >= 0.3 is 0 Å². The Kier molecular flexibility index (Phi) is 4.18. The molecule has 1 atom stereocenters. The van der Waals surface area contributed by atoms with Crippen molar-refractivity contribution in [1.82, 2.24) is 24.6 Å². The molecule has 0 radical (unpaired) electrons. The van der Waals surface area contributed by atoms with Crippen molar-refractivity contribution in [3.05, 3.63) is 66.5 Å². The minimum Gasteiger partial charge on any atom is -0.383 e. The number of imidazole rings is 1. The van der Waals surface area contributed by atoms with E-state index in [1.807, 2.05) is 22.9 Å². The molecule has 0 spiro atoms. The van der Waals surface area contributed by atoms with Crippen molar-refractivity contribution in [2.24, 2.45) is 7.05 Å². The molecule has 7 heteroatoms. The van der Waals surface area contributed by atoms with E-state index >= 15 is 0 Å². The van der Waals surface area contributed by atoms with E-state index in [9.17, 15) is 9.90 Å². The molecule has 0 fully saturated rings. The standard InChI is InChI=1S/C17H19N5O2/c1-17(24,14-9-20-21(2)10-14)11-19-16(23)13-4-3-5-15(8-13)22-7-6-18-12-22/h3-10,12,24H,11H2,1-2H3,(H,19,23). The van der Waals surface area contributed by atoms with Gasteiger partial charge in [-0.1, -0.05) is 6.07 Å². The number of benzene rings is 1. The molecule has 0 saturated carbocycles. The number of carbonyl (C=O) groups is 1. The highest BCUT2D eigenvalue weighted by atomic mass is 16.3. The lowest BCUT2D eigenvalue weighted by Crippen LogP contribution is -2.38. The molecule has 2 heterocycles. The summed E-state index contributed by atoms with van der Waals surface area (Å²) in [5.41, 5.74) is 0.825. The first-order valence-corrected chi connectivity index (χ1v) is 7.54. The number of nitrogens with one attached hydrogen (secondary N) is 1. The summed E-state index contributed by atoms with van der Waals surface area (Å²) in [4.78, 5) is 16.4. The van der Waals surface area contributed by atoms with E-state index < -0.39 is 5.60 Å². The number of hydrogen-bond acceptors (Lipinski definition) is 4. The first kappa shape index (κ1) is 15.9. The fourth-order valence-electron chi connectivity index (χ4n) is 2.38. The third-order valence-electron chi connectivity index (χ3n) is 3.83. The largest absolute Gasteiger partial charge is 0.383 e. The highest BCUT2D eigenvalue weighted by molar-refractivity contribution is 5.94. The maximum Gasteiger partial charge on any atom is 0.251 e. The monoisotopic (exact) mass is 325 g/mol. The Bertz CT molecular complexity index is 836. The zero-order valence-corrected chi connectivity index (χ0v) is 13.5. The van der Waals surface area contributed by atoms with E-state index in [-0.39, 0.29) is 12.5 Å². The lowest BCUT2D eigenvalue weighted by atomic mass is 9.99. The van der Waals surface area contributed by atoms with Gasteiger partial charge in [0.1, 0.15) is 5.60 Å².